The third-order valence-corrected chi connectivity index (χ3v) is 3.37. The molecular formula is C14H18BrN3O. The van der Waals surface area contributed by atoms with Crippen LogP contribution in [0.4, 0.5) is 0 Å². The summed E-state index contributed by atoms with van der Waals surface area (Å²) in [5.41, 5.74) is 8.13. The molecule has 0 aliphatic rings. The zero-order valence-electron chi connectivity index (χ0n) is 11.1. The monoisotopic (exact) mass is 323 g/mol. The van der Waals surface area contributed by atoms with Crippen molar-refractivity contribution >= 4 is 15.9 Å². The van der Waals surface area contributed by atoms with E-state index in [9.17, 15) is 0 Å². The Morgan fingerprint density at radius 1 is 1.47 bits per heavy atom. The first-order chi connectivity index (χ1) is 9.06. The molecule has 19 heavy (non-hydrogen) atoms. The summed E-state index contributed by atoms with van der Waals surface area (Å²) in [6.45, 7) is 2.57. The van der Waals surface area contributed by atoms with Crippen LogP contribution in [0, 0.1) is 0 Å². The van der Waals surface area contributed by atoms with Gasteiger partial charge in [0.15, 0.2) is 0 Å². The molecule has 0 aliphatic heterocycles. The van der Waals surface area contributed by atoms with Crippen molar-refractivity contribution < 1.29 is 4.74 Å². The predicted octanol–water partition coefficient (Wildman–Crippen LogP) is 2.82. The predicted molar refractivity (Wildman–Crippen MR) is 79.2 cm³/mol. The topological polar surface area (TPSA) is 53.1 Å². The highest BCUT2D eigenvalue weighted by Crippen LogP contribution is 2.27. The van der Waals surface area contributed by atoms with Gasteiger partial charge >= 0.3 is 0 Å². The van der Waals surface area contributed by atoms with Gasteiger partial charge < -0.3 is 10.5 Å². The van der Waals surface area contributed by atoms with Crippen molar-refractivity contribution in [1.82, 2.24) is 9.78 Å². The fourth-order valence-corrected chi connectivity index (χ4v) is 2.23. The average Bonchev–Trinajstić information content (AvgIpc) is 2.75. The van der Waals surface area contributed by atoms with Crippen molar-refractivity contribution in [3.05, 3.63) is 46.2 Å². The quantitative estimate of drug-likeness (QED) is 0.920. The Balaban J connectivity index is 2.00. The maximum absolute atomic E-state index is 5.94. The van der Waals surface area contributed by atoms with Crippen molar-refractivity contribution in [2.24, 2.45) is 12.8 Å². The Kier molecular flexibility index (Phi) is 4.61. The molecule has 0 aliphatic carbocycles. The number of ether oxygens (including phenoxy) is 1. The third kappa shape index (κ3) is 3.81. The third-order valence-electron chi connectivity index (χ3n) is 2.87. The van der Waals surface area contributed by atoms with E-state index in [2.05, 4.69) is 21.0 Å². The van der Waals surface area contributed by atoms with Gasteiger partial charge in [0, 0.05) is 35.7 Å². The summed E-state index contributed by atoms with van der Waals surface area (Å²) in [7, 11) is 1.91. The van der Waals surface area contributed by atoms with Crippen LogP contribution in [0.25, 0.3) is 0 Å². The van der Waals surface area contributed by atoms with Gasteiger partial charge in [-0.15, -0.1) is 0 Å². The minimum atomic E-state index is -0.0403. The van der Waals surface area contributed by atoms with Gasteiger partial charge in [-0.3, -0.25) is 4.68 Å². The molecule has 0 saturated heterocycles. The highest BCUT2D eigenvalue weighted by atomic mass is 79.9. The van der Waals surface area contributed by atoms with Crippen molar-refractivity contribution in [3.8, 4) is 5.75 Å². The van der Waals surface area contributed by atoms with E-state index < -0.39 is 0 Å². The maximum Gasteiger partial charge on any atom is 0.125 e. The summed E-state index contributed by atoms with van der Waals surface area (Å²) >= 11 is 3.45. The number of hydrogen-bond donors (Lipinski definition) is 1. The second-order valence-electron chi connectivity index (χ2n) is 4.59. The van der Waals surface area contributed by atoms with Crippen LogP contribution < -0.4 is 10.5 Å². The number of hydrogen-bond acceptors (Lipinski definition) is 3. The maximum atomic E-state index is 5.94. The summed E-state index contributed by atoms with van der Waals surface area (Å²) in [6, 6.07) is 5.89. The molecule has 5 heteroatoms. The number of halogens is 1. The molecule has 0 unspecified atom stereocenters. The molecule has 1 aromatic heterocycles. The highest BCUT2D eigenvalue weighted by Gasteiger charge is 2.09. The summed E-state index contributed by atoms with van der Waals surface area (Å²) in [4.78, 5) is 0. The molecule has 0 saturated carbocycles. The van der Waals surface area contributed by atoms with Crippen LogP contribution in [0.1, 0.15) is 24.1 Å². The smallest absolute Gasteiger partial charge is 0.125 e. The van der Waals surface area contributed by atoms with Crippen LogP contribution in [0.2, 0.25) is 0 Å². The fraction of sp³-hybridized carbons (Fsp3) is 0.357. The lowest BCUT2D eigenvalue weighted by atomic mass is 10.1. The molecule has 4 nitrogen and oxygen atoms in total. The van der Waals surface area contributed by atoms with E-state index >= 15 is 0 Å². The van der Waals surface area contributed by atoms with Gasteiger partial charge in [0.1, 0.15) is 5.75 Å². The molecule has 1 atom stereocenters. The average molecular weight is 324 g/mol. The minimum Gasteiger partial charge on any atom is -0.493 e. The Hall–Kier alpha value is -1.33. The fourth-order valence-electron chi connectivity index (χ4n) is 1.89. The Morgan fingerprint density at radius 3 is 2.89 bits per heavy atom. The van der Waals surface area contributed by atoms with E-state index in [-0.39, 0.29) is 6.04 Å². The van der Waals surface area contributed by atoms with Crippen molar-refractivity contribution in [3.63, 3.8) is 0 Å². The molecule has 0 amide bonds. The summed E-state index contributed by atoms with van der Waals surface area (Å²) in [6.07, 6.45) is 4.69. The molecule has 2 aromatic rings. The van der Waals surface area contributed by atoms with E-state index in [1.807, 2.05) is 44.6 Å². The Morgan fingerprint density at radius 2 is 2.26 bits per heavy atom. The van der Waals surface area contributed by atoms with Gasteiger partial charge in [0.25, 0.3) is 0 Å². The Bertz CT molecular complexity index is 551. The first kappa shape index (κ1) is 14.1. The molecule has 0 spiro atoms. The van der Waals surface area contributed by atoms with Gasteiger partial charge in [-0.25, -0.2) is 0 Å². The van der Waals surface area contributed by atoms with Gasteiger partial charge in [0.05, 0.1) is 12.8 Å². The lowest BCUT2D eigenvalue weighted by Gasteiger charge is -2.14. The molecule has 0 radical (unpaired) electrons. The normalized spacial score (nSPS) is 12.4. The van der Waals surface area contributed by atoms with Crippen LogP contribution in [-0.2, 0) is 13.5 Å². The van der Waals surface area contributed by atoms with Gasteiger partial charge in [-0.1, -0.05) is 22.0 Å². The number of rotatable bonds is 5. The van der Waals surface area contributed by atoms with Crippen molar-refractivity contribution in [2.45, 2.75) is 19.4 Å². The lowest BCUT2D eigenvalue weighted by molar-refractivity contribution is 0.317. The molecular weight excluding hydrogens is 306 g/mol. The molecule has 1 aromatic carbocycles. The zero-order chi connectivity index (χ0) is 13.8. The minimum absolute atomic E-state index is 0.0403. The summed E-state index contributed by atoms with van der Waals surface area (Å²) < 4.78 is 8.63. The second-order valence-corrected chi connectivity index (χ2v) is 5.51. The molecule has 0 bridgehead atoms. The van der Waals surface area contributed by atoms with E-state index in [1.54, 1.807) is 4.68 Å². The first-order valence-corrected chi connectivity index (χ1v) is 7.01. The SMILES string of the molecule is C[C@H](N)c1ccc(Br)cc1OCCc1cnn(C)c1. The molecule has 1 heterocycles. The van der Waals surface area contributed by atoms with Gasteiger partial charge in [-0.05, 0) is 24.6 Å². The standard InChI is InChI=1S/C14H18BrN3O/c1-10(16)13-4-3-12(15)7-14(13)19-6-5-11-8-17-18(2)9-11/h3-4,7-10H,5-6,16H2,1-2H3/t10-/m0/s1. The van der Waals surface area contributed by atoms with E-state index in [0.717, 1.165) is 22.2 Å². The van der Waals surface area contributed by atoms with E-state index in [4.69, 9.17) is 10.5 Å². The number of benzene rings is 1. The highest BCUT2D eigenvalue weighted by molar-refractivity contribution is 9.10. The molecule has 102 valence electrons. The van der Waals surface area contributed by atoms with E-state index in [0.29, 0.717) is 6.61 Å². The Labute approximate surface area is 121 Å². The summed E-state index contributed by atoms with van der Waals surface area (Å²) in [5, 5.41) is 4.14. The lowest BCUT2D eigenvalue weighted by Crippen LogP contribution is -2.09. The summed E-state index contributed by atoms with van der Waals surface area (Å²) in [5.74, 6) is 0.841. The van der Waals surface area contributed by atoms with Crippen LogP contribution in [0.15, 0.2) is 35.1 Å². The van der Waals surface area contributed by atoms with Crippen LogP contribution >= 0.6 is 15.9 Å². The molecule has 2 N–H and O–H groups in total. The van der Waals surface area contributed by atoms with Crippen molar-refractivity contribution in [2.75, 3.05) is 6.61 Å². The number of nitrogens with zero attached hydrogens (tertiary/aromatic N) is 2. The van der Waals surface area contributed by atoms with Crippen LogP contribution in [0.5, 0.6) is 5.75 Å². The first-order valence-electron chi connectivity index (χ1n) is 6.21. The van der Waals surface area contributed by atoms with Gasteiger partial charge in [0.2, 0.25) is 0 Å². The molecule has 0 fully saturated rings. The zero-order valence-corrected chi connectivity index (χ0v) is 12.7. The number of nitrogens with two attached hydrogens (primary N) is 1. The van der Waals surface area contributed by atoms with Crippen LogP contribution in [0.3, 0.4) is 0 Å². The van der Waals surface area contributed by atoms with Crippen LogP contribution in [-0.4, -0.2) is 16.4 Å². The van der Waals surface area contributed by atoms with Gasteiger partial charge in [-0.2, -0.15) is 5.10 Å². The van der Waals surface area contributed by atoms with E-state index in [1.165, 1.54) is 5.56 Å². The number of aryl methyl sites for hydroxylation is 1. The second kappa shape index (κ2) is 6.21. The van der Waals surface area contributed by atoms with Crippen molar-refractivity contribution in [1.29, 1.82) is 0 Å². The molecule has 2 rings (SSSR count). The number of aromatic nitrogens is 2. The largest absolute Gasteiger partial charge is 0.493 e.